The molecule has 0 amide bonds. The van der Waals surface area contributed by atoms with E-state index >= 15 is 0 Å². The number of rotatable bonds is 3. The second kappa shape index (κ2) is 6.37. The summed E-state index contributed by atoms with van der Waals surface area (Å²) in [6, 6.07) is 9.82. The van der Waals surface area contributed by atoms with Gasteiger partial charge < -0.3 is 10.1 Å². The maximum Gasteiger partial charge on any atom is 0.210 e. The fourth-order valence-electron chi connectivity index (χ4n) is 2.00. The molecule has 2 unspecified atom stereocenters. The van der Waals surface area contributed by atoms with Gasteiger partial charge in [-0.15, -0.1) is 0 Å². The Morgan fingerprint density at radius 2 is 2.22 bits per heavy atom. The van der Waals surface area contributed by atoms with Gasteiger partial charge in [0.25, 0.3) is 0 Å². The highest BCUT2D eigenvalue weighted by molar-refractivity contribution is 5.93. The van der Waals surface area contributed by atoms with Gasteiger partial charge in [-0.05, 0) is 25.5 Å². The van der Waals surface area contributed by atoms with Crippen molar-refractivity contribution in [1.29, 1.82) is 0 Å². The van der Waals surface area contributed by atoms with Crippen LogP contribution in [0.1, 0.15) is 13.3 Å². The van der Waals surface area contributed by atoms with Crippen LogP contribution in [0.4, 0.5) is 5.69 Å². The van der Waals surface area contributed by atoms with E-state index in [0.717, 1.165) is 25.3 Å². The van der Waals surface area contributed by atoms with Gasteiger partial charge in [0.15, 0.2) is 0 Å². The summed E-state index contributed by atoms with van der Waals surface area (Å²) in [6.45, 7) is 3.65. The first kappa shape index (κ1) is 12.9. The highest BCUT2D eigenvalue weighted by atomic mass is 16.5. The molecule has 5 heteroatoms. The Bertz CT molecular complexity index is 393. The third kappa shape index (κ3) is 3.45. The van der Waals surface area contributed by atoms with E-state index < -0.39 is 0 Å². The van der Waals surface area contributed by atoms with Crippen LogP contribution in [0.2, 0.25) is 0 Å². The summed E-state index contributed by atoms with van der Waals surface area (Å²) >= 11 is 0. The third-order valence-electron chi connectivity index (χ3n) is 3.19. The number of hydrogen-bond donors (Lipinski definition) is 3. The molecule has 1 heterocycles. The van der Waals surface area contributed by atoms with Gasteiger partial charge in [-0.1, -0.05) is 18.2 Å². The third-order valence-corrected chi connectivity index (χ3v) is 3.19. The number of hydrazine groups is 1. The molecule has 18 heavy (non-hydrogen) atoms. The number of anilines is 1. The first-order valence-corrected chi connectivity index (χ1v) is 6.24. The van der Waals surface area contributed by atoms with Crippen molar-refractivity contribution in [3.05, 3.63) is 30.3 Å². The van der Waals surface area contributed by atoms with Gasteiger partial charge >= 0.3 is 0 Å². The first-order valence-electron chi connectivity index (χ1n) is 6.24. The molecule has 1 aromatic carbocycles. The van der Waals surface area contributed by atoms with Crippen molar-refractivity contribution in [2.75, 3.05) is 18.5 Å². The predicted octanol–water partition coefficient (Wildman–Crippen LogP) is 1.34. The molecule has 1 aliphatic heterocycles. The number of aliphatic imine (C=N–C) groups is 1. The lowest BCUT2D eigenvalue weighted by Gasteiger charge is -2.13. The van der Waals surface area contributed by atoms with E-state index in [9.17, 15) is 0 Å². The van der Waals surface area contributed by atoms with Crippen LogP contribution in [0.3, 0.4) is 0 Å². The molecule has 0 bridgehead atoms. The Labute approximate surface area is 107 Å². The average molecular weight is 248 g/mol. The van der Waals surface area contributed by atoms with Crippen LogP contribution in [-0.2, 0) is 4.74 Å². The van der Waals surface area contributed by atoms with Crippen molar-refractivity contribution in [1.82, 2.24) is 5.43 Å². The molecule has 1 aromatic rings. The number of nitrogens with one attached hydrogen (secondary N) is 2. The summed E-state index contributed by atoms with van der Waals surface area (Å²) in [6.07, 6.45) is 1.35. The molecule has 4 N–H and O–H groups in total. The lowest BCUT2D eigenvalue weighted by Crippen LogP contribution is -2.37. The molecule has 0 saturated carbocycles. The van der Waals surface area contributed by atoms with Crippen LogP contribution < -0.4 is 16.6 Å². The Kier molecular flexibility index (Phi) is 4.55. The molecule has 1 fully saturated rings. The normalized spacial score (nSPS) is 24.0. The molecular weight excluding hydrogens is 228 g/mol. The molecule has 1 aliphatic rings. The molecular formula is C13H20N4O. The number of nitrogens with zero attached hydrogens (tertiary/aromatic N) is 1. The van der Waals surface area contributed by atoms with Gasteiger partial charge in [-0.2, -0.15) is 0 Å². The van der Waals surface area contributed by atoms with Crippen LogP contribution in [0.5, 0.6) is 0 Å². The van der Waals surface area contributed by atoms with E-state index in [4.69, 9.17) is 10.6 Å². The van der Waals surface area contributed by atoms with Crippen molar-refractivity contribution < 1.29 is 4.74 Å². The summed E-state index contributed by atoms with van der Waals surface area (Å²) in [5.74, 6) is 6.53. The average Bonchev–Trinajstić information content (AvgIpc) is 2.81. The number of ether oxygens (including phenoxy) is 1. The van der Waals surface area contributed by atoms with Crippen LogP contribution >= 0.6 is 0 Å². The quantitative estimate of drug-likeness (QED) is 0.327. The lowest BCUT2D eigenvalue weighted by molar-refractivity contribution is 0.107. The highest BCUT2D eigenvalue weighted by Gasteiger charge is 2.23. The minimum Gasteiger partial charge on any atom is -0.378 e. The van der Waals surface area contributed by atoms with E-state index in [-0.39, 0.29) is 6.10 Å². The van der Waals surface area contributed by atoms with Crippen molar-refractivity contribution >= 4 is 11.6 Å². The summed E-state index contributed by atoms with van der Waals surface area (Å²) in [5, 5.41) is 3.14. The van der Waals surface area contributed by atoms with Gasteiger partial charge in [0.2, 0.25) is 5.96 Å². The largest absolute Gasteiger partial charge is 0.378 e. The molecule has 98 valence electrons. The molecule has 2 atom stereocenters. The molecule has 5 nitrogen and oxygen atoms in total. The SMILES string of the molecule is CC1OCCC1CN=C(NN)Nc1ccccc1. The fourth-order valence-corrected chi connectivity index (χ4v) is 2.00. The minimum absolute atomic E-state index is 0.282. The maximum atomic E-state index is 5.51. The highest BCUT2D eigenvalue weighted by Crippen LogP contribution is 2.20. The number of nitrogens with two attached hydrogens (primary N) is 1. The molecule has 0 aromatic heterocycles. The Morgan fingerprint density at radius 1 is 1.44 bits per heavy atom. The van der Waals surface area contributed by atoms with Crippen molar-refractivity contribution in [3.63, 3.8) is 0 Å². The standard InChI is InChI=1S/C13H20N4O/c1-10-11(7-8-18-10)9-15-13(17-14)16-12-5-3-2-4-6-12/h2-6,10-11H,7-9,14H2,1H3,(H2,15,16,17). The maximum absolute atomic E-state index is 5.51. The zero-order valence-electron chi connectivity index (χ0n) is 10.6. The van der Waals surface area contributed by atoms with Crippen LogP contribution in [0.15, 0.2) is 35.3 Å². The molecule has 0 radical (unpaired) electrons. The van der Waals surface area contributed by atoms with Crippen LogP contribution in [0, 0.1) is 5.92 Å². The Balaban J connectivity index is 1.91. The molecule has 0 aliphatic carbocycles. The molecule has 2 rings (SSSR count). The number of guanidine groups is 1. The zero-order chi connectivity index (χ0) is 12.8. The van der Waals surface area contributed by atoms with E-state index in [1.165, 1.54) is 0 Å². The number of benzene rings is 1. The van der Waals surface area contributed by atoms with E-state index in [2.05, 4.69) is 22.7 Å². The van der Waals surface area contributed by atoms with Crippen molar-refractivity contribution in [2.45, 2.75) is 19.4 Å². The number of hydrogen-bond acceptors (Lipinski definition) is 3. The van der Waals surface area contributed by atoms with Gasteiger partial charge in [0, 0.05) is 24.8 Å². The minimum atomic E-state index is 0.282. The Hall–Kier alpha value is -1.59. The molecule has 1 saturated heterocycles. The summed E-state index contributed by atoms with van der Waals surface area (Å²) < 4.78 is 5.51. The topological polar surface area (TPSA) is 71.7 Å². The van der Waals surface area contributed by atoms with E-state index in [1.54, 1.807) is 0 Å². The lowest BCUT2D eigenvalue weighted by atomic mass is 10.0. The van der Waals surface area contributed by atoms with Crippen molar-refractivity contribution in [3.8, 4) is 0 Å². The summed E-state index contributed by atoms with van der Waals surface area (Å²) in [5.41, 5.74) is 3.55. The second-order valence-electron chi connectivity index (χ2n) is 4.45. The monoisotopic (exact) mass is 248 g/mol. The summed E-state index contributed by atoms with van der Waals surface area (Å²) in [4.78, 5) is 4.46. The van der Waals surface area contributed by atoms with Gasteiger partial charge in [0.05, 0.1) is 6.10 Å². The predicted molar refractivity (Wildman–Crippen MR) is 73.2 cm³/mol. The van der Waals surface area contributed by atoms with E-state index in [1.807, 2.05) is 30.3 Å². The van der Waals surface area contributed by atoms with Crippen LogP contribution in [-0.4, -0.2) is 25.2 Å². The second-order valence-corrected chi connectivity index (χ2v) is 4.45. The van der Waals surface area contributed by atoms with Crippen molar-refractivity contribution in [2.24, 2.45) is 16.8 Å². The first-order chi connectivity index (χ1) is 8.79. The smallest absolute Gasteiger partial charge is 0.210 e. The van der Waals surface area contributed by atoms with E-state index in [0.29, 0.717) is 11.9 Å². The Morgan fingerprint density at radius 3 is 2.83 bits per heavy atom. The summed E-state index contributed by atoms with van der Waals surface area (Å²) in [7, 11) is 0. The van der Waals surface area contributed by atoms with Gasteiger partial charge in [-0.25, -0.2) is 5.84 Å². The van der Waals surface area contributed by atoms with Gasteiger partial charge in [0.1, 0.15) is 0 Å². The number of para-hydroxylation sites is 1. The molecule has 0 spiro atoms. The van der Waals surface area contributed by atoms with Crippen LogP contribution in [0.25, 0.3) is 0 Å². The zero-order valence-corrected chi connectivity index (χ0v) is 10.6. The van der Waals surface area contributed by atoms with Gasteiger partial charge in [-0.3, -0.25) is 10.4 Å². The fraction of sp³-hybridized carbons (Fsp3) is 0.462.